The summed E-state index contributed by atoms with van der Waals surface area (Å²) in [5.41, 5.74) is 6.74. The van der Waals surface area contributed by atoms with Crippen molar-refractivity contribution in [3.8, 4) is 0 Å². The van der Waals surface area contributed by atoms with Gasteiger partial charge in [-0.2, -0.15) is 4.37 Å². The molecule has 20 heavy (non-hydrogen) atoms. The van der Waals surface area contributed by atoms with Gasteiger partial charge in [-0.1, -0.05) is 51.1 Å². The van der Waals surface area contributed by atoms with Gasteiger partial charge in [0.25, 0.3) is 0 Å². The lowest BCUT2D eigenvalue weighted by molar-refractivity contribution is 0.544. The number of hydrogen-bond acceptors (Lipinski definition) is 5. The van der Waals surface area contributed by atoms with Crippen LogP contribution < -0.4 is 11.1 Å². The van der Waals surface area contributed by atoms with E-state index in [-0.39, 0.29) is 11.0 Å². The smallest absolute Gasteiger partial charge is 0.203 e. The molecule has 4 nitrogen and oxygen atoms in total. The number of hydrogen-bond donors (Lipinski definition) is 2. The third-order valence-corrected chi connectivity index (χ3v) is 3.93. The Hall–Kier alpha value is -1.46. The van der Waals surface area contributed by atoms with E-state index in [2.05, 4.69) is 54.5 Å². The fourth-order valence-electron chi connectivity index (χ4n) is 1.86. The molecule has 0 saturated carbocycles. The third kappa shape index (κ3) is 3.16. The molecule has 0 spiro atoms. The molecule has 2 aromatic rings. The summed E-state index contributed by atoms with van der Waals surface area (Å²) in [7, 11) is 0. The summed E-state index contributed by atoms with van der Waals surface area (Å²) in [5.74, 6) is 0.859. The Kier molecular flexibility index (Phi) is 4.11. The van der Waals surface area contributed by atoms with Crippen LogP contribution in [0.4, 0.5) is 5.13 Å². The Morgan fingerprint density at radius 1 is 1.15 bits per heavy atom. The first kappa shape index (κ1) is 14.9. The molecule has 1 aromatic heterocycles. The van der Waals surface area contributed by atoms with Crippen LogP contribution in [0.2, 0.25) is 0 Å². The maximum absolute atomic E-state index is 5.97. The number of nitrogens with one attached hydrogen (secondary N) is 1. The van der Waals surface area contributed by atoms with Crippen LogP contribution in [0, 0.1) is 0 Å². The summed E-state index contributed by atoms with van der Waals surface area (Å²) in [4.78, 5) is 4.58. The van der Waals surface area contributed by atoms with Crippen LogP contribution in [0.3, 0.4) is 0 Å². The topological polar surface area (TPSA) is 63.8 Å². The Bertz CT molecular complexity index is 559. The molecule has 0 amide bonds. The zero-order valence-corrected chi connectivity index (χ0v) is 13.3. The average Bonchev–Trinajstić information content (AvgIpc) is 2.88. The van der Waals surface area contributed by atoms with Gasteiger partial charge in [-0.3, -0.25) is 0 Å². The second-order valence-electron chi connectivity index (χ2n) is 6.20. The maximum Gasteiger partial charge on any atom is 0.203 e. The molecule has 1 atom stereocenters. The first-order valence-electron chi connectivity index (χ1n) is 6.73. The number of aromatic nitrogens is 2. The van der Waals surface area contributed by atoms with Crippen LogP contribution in [0.1, 0.15) is 39.1 Å². The third-order valence-electron chi connectivity index (χ3n) is 3.30. The van der Waals surface area contributed by atoms with Gasteiger partial charge < -0.3 is 11.1 Å². The summed E-state index contributed by atoms with van der Waals surface area (Å²) in [5, 5.41) is 4.25. The molecule has 0 aliphatic heterocycles. The monoisotopic (exact) mass is 290 g/mol. The van der Waals surface area contributed by atoms with Crippen LogP contribution in [0.5, 0.6) is 0 Å². The van der Waals surface area contributed by atoms with Crippen molar-refractivity contribution < 1.29 is 0 Å². The molecule has 5 heteroatoms. The maximum atomic E-state index is 5.97. The van der Waals surface area contributed by atoms with Crippen molar-refractivity contribution in [3.05, 3.63) is 41.7 Å². The standard InChI is InChI=1S/C15H22N4S/c1-14(2,3)12-17-13(20-19-12)18-15(4,10-16)11-8-6-5-7-9-11/h5-9H,10,16H2,1-4H3,(H,17,18,19). The molecule has 108 valence electrons. The summed E-state index contributed by atoms with van der Waals surface area (Å²) in [6, 6.07) is 10.2. The Morgan fingerprint density at radius 2 is 1.80 bits per heavy atom. The number of nitrogens with two attached hydrogens (primary N) is 1. The largest absolute Gasteiger partial charge is 0.350 e. The van der Waals surface area contributed by atoms with Gasteiger partial charge in [0.15, 0.2) is 0 Å². The van der Waals surface area contributed by atoms with Crippen molar-refractivity contribution >= 4 is 16.7 Å². The van der Waals surface area contributed by atoms with Gasteiger partial charge in [0.05, 0.1) is 5.54 Å². The molecular weight excluding hydrogens is 268 g/mol. The van der Waals surface area contributed by atoms with Crippen LogP contribution in [0.15, 0.2) is 30.3 Å². The van der Waals surface area contributed by atoms with Crippen molar-refractivity contribution in [2.75, 3.05) is 11.9 Å². The van der Waals surface area contributed by atoms with Gasteiger partial charge in [0.2, 0.25) is 5.13 Å². The lowest BCUT2D eigenvalue weighted by Crippen LogP contribution is -2.39. The van der Waals surface area contributed by atoms with E-state index in [9.17, 15) is 0 Å². The van der Waals surface area contributed by atoms with Gasteiger partial charge in [-0.05, 0) is 12.5 Å². The van der Waals surface area contributed by atoms with E-state index in [1.807, 2.05) is 18.2 Å². The second kappa shape index (κ2) is 5.50. The van der Waals surface area contributed by atoms with Crippen molar-refractivity contribution in [1.82, 2.24) is 9.36 Å². The van der Waals surface area contributed by atoms with Gasteiger partial charge in [0, 0.05) is 23.5 Å². The van der Waals surface area contributed by atoms with Gasteiger partial charge in [-0.25, -0.2) is 4.98 Å². The summed E-state index contributed by atoms with van der Waals surface area (Å²) < 4.78 is 4.43. The van der Waals surface area contributed by atoms with Gasteiger partial charge in [-0.15, -0.1) is 0 Å². The van der Waals surface area contributed by atoms with Crippen molar-refractivity contribution in [3.63, 3.8) is 0 Å². The van der Waals surface area contributed by atoms with E-state index in [0.717, 1.165) is 16.5 Å². The minimum atomic E-state index is -0.337. The van der Waals surface area contributed by atoms with Crippen molar-refractivity contribution in [2.24, 2.45) is 5.73 Å². The Labute approximate surface area is 124 Å². The highest BCUT2D eigenvalue weighted by Crippen LogP contribution is 2.28. The minimum absolute atomic E-state index is 0.0394. The number of benzene rings is 1. The Balaban J connectivity index is 2.25. The van der Waals surface area contributed by atoms with E-state index in [4.69, 9.17) is 5.73 Å². The highest BCUT2D eigenvalue weighted by molar-refractivity contribution is 7.09. The zero-order valence-electron chi connectivity index (χ0n) is 12.5. The van der Waals surface area contributed by atoms with Crippen LogP contribution in [-0.2, 0) is 11.0 Å². The van der Waals surface area contributed by atoms with E-state index >= 15 is 0 Å². The van der Waals surface area contributed by atoms with Gasteiger partial charge >= 0.3 is 0 Å². The van der Waals surface area contributed by atoms with E-state index < -0.39 is 0 Å². The lowest BCUT2D eigenvalue weighted by Gasteiger charge is -2.29. The van der Waals surface area contributed by atoms with Crippen molar-refractivity contribution in [2.45, 2.75) is 38.6 Å². The summed E-state index contributed by atoms with van der Waals surface area (Å²) >= 11 is 1.39. The SMILES string of the molecule is CC(C)(C)c1nsc(NC(C)(CN)c2ccccc2)n1. The normalized spacial score (nSPS) is 14.8. The molecule has 1 unspecified atom stereocenters. The first-order valence-corrected chi connectivity index (χ1v) is 7.50. The average molecular weight is 290 g/mol. The van der Waals surface area contributed by atoms with Crippen LogP contribution >= 0.6 is 11.5 Å². The van der Waals surface area contributed by atoms with E-state index in [1.54, 1.807) is 0 Å². The predicted octanol–water partition coefficient (Wildman–Crippen LogP) is 3.12. The van der Waals surface area contributed by atoms with E-state index in [1.165, 1.54) is 11.5 Å². The number of rotatable bonds is 4. The quantitative estimate of drug-likeness (QED) is 0.908. The summed E-state index contributed by atoms with van der Waals surface area (Å²) in [6.07, 6.45) is 0. The molecule has 0 radical (unpaired) electrons. The van der Waals surface area contributed by atoms with E-state index in [0.29, 0.717) is 6.54 Å². The fraction of sp³-hybridized carbons (Fsp3) is 0.467. The summed E-state index contributed by atoms with van der Waals surface area (Å²) in [6.45, 7) is 8.90. The minimum Gasteiger partial charge on any atom is -0.350 e. The zero-order chi connectivity index (χ0) is 14.8. The molecule has 0 bridgehead atoms. The van der Waals surface area contributed by atoms with Crippen LogP contribution in [0.25, 0.3) is 0 Å². The predicted molar refractivity (Wildman–Crippen MR) is 85.1 cm³/mol. The number of anilines is 1. The molecule has 0 fully saturated rings. The molecular formula is C15H22N4S. The molecule has 1 heterocycles. The highest BCUT2D eigenvalue weighted by Gasteiger charge is 2.27. The second-order valence-corrected chi connectivity index (χ2v) is 6.95. The van der Waals surface area contributed by atoms with Gasteiger partial charge in [0.1, 0.15) is 5.82 Å². The Morgan fingerprint density at radius 3 is 2.30 bits per heavy atom. The molecule has 0 aliphatic rings. The first-order chi connectivity index (χ1) is 9.35. The molecule has 3 N–H and O–H groups in total. The molecule has 0 saturated heterocycles. The molecule has 1 aromatic carbocycles. The molecule has 2 rings (SSSR count). The molecule has 0 aliphatic carbocycles. The lowest BCUT2D eigenvalue weighted by atomic mass is 9.92. The number of nitrogens with zero attached hydrogens (tertiary/aromatic N) is 2. The van der Waals surface area contributed by atoms with Crippen LogP contribution in [-0.4, -0.2) is 15.9 Å². The highest BCUT2D eigenvalue weighted by atomic mass is 32.1. The fourth-order valence-corrected chi connectivity index (χ4v) is 2.75. The van der Waals surface area contributed by atoms with Crippen molar-refractivity contribution in [1.29, 1.82) is 0 Å².